The molecule has 1 heterocycles. The van der Waals surface area contributed by atoms with Gasteiger partial charge in [-0.1, -0.05) is 24.0 Å². The molecule has 25 heavy (non-hydrogen) atoms. The molecule has 1 aliphatic heterocycles. The van der Waals surface area contributed by atoms with Crippen molar-refractivity contribution < 1.29 is 12.8 Å². The van der Waals surface area contributed by atoms with Crippen LogP contribution in [-0.2, 0) is 16.4 Å². The monoisotopic (exact) mass is 364 g/mol. The first-order valence-electron chi connectivity index (χ1n) is 8.77. The second-order valence-electron chi connectivity index (χ2n) is 7.49. The smallest absolute Gasteiger partial charge is 0.209 e. The van der Waals surface area contributed by atoms with Crippen LogP contribution < -0.4 is 10.0 Å². The predicted molar refractivity (Wildman–Crippen MR) is 97.1 cm³/mol. The normalized spacial score (nSPS) is 25.1. The molecule has 0 bridgehead atoms. The molecular formula is C19H25FN2O2S. The maximum absolute atomic E-state index is 14.8. The van der Waals surface area contributed by atoms with Gasteiger partial charge >= 0.3 is 0 Å². The molecule has 2 atom stereocenters. The van der Waals surface area contributed by atoms with Crippen molar-refractivity contribution in [3.05, 3.63) is 35.1 Å². The summed E-state index contributed by atoms with van der Waals surface area (Å²) in [5.41, 5.74) is 1.05. The summed E-state index contributed by atoms with van der Waals surface area (Å²) in [6.45, 7) is 2.90. The Morgan fingerprint density at radius 1 is 1.40 bits per heavy atom. The Labute approximate surface area is 149 Å². The second-order valence-corrected chi connectivity index (χ2v) is 9.27. The first-order valence-corrected chi connectivity index (χ1v) is 10.7. The highest BCUT2D eigenvalue weighted by atomic mass is 32.2. The van der Waals surface area contributed by atoms with E-state index in [-0.39, 0.29) is 23.3 Å². The van der Waals surface area contributed by atoms with Crippen LogP contribution in [0.2, 0.25) is 0 Å². The van der Waals surface area contributed by atoms with Crippen LogP contribution in [0.25, 0.3) is 0 Å². The number of hydrogen-bond acceptors (Lipinski definition) is 3. The molecule has 2 unspecified atom stereocenters. The van der Waals surface area contributed by atoms with E-state index >= 15 is 0 Å². The lowest BCUT2D eigenvalue weighted by Crippen LogP contribution is -2.54. The highest BCUT2D eigenvalue weighted by Crippen LogP contribution is 2.44. The molecule has 0 radical (unpaired) electrons. The fourth-order valence-corrected chi connectivity index (χ4v) is 4.02. The third-order valence-electron chi connectivity index (χ3n) is 4.97. The zero-order valence-corrected chi connectivity index (χ0v) is 15.5. The molecule has 3 rings (SSSR count). The summed E-state index contributed by atoms with van der Waals surface area (Å²) in [7, 11) is -3.29. The van der Waals surface area contributed by atoms with Gasteiger partial charge in [0.2, 0.25) is 10.0 Å². The van der Waals surface area contributed by atoms with Gasteiger partial charge in [0, 0.05) is 17.5 Å². The summed E-state index contributed by atoms with van der Waals surface area (Å²) in [5.74, 6) is 5.86. The molecule has 0 spiro atoms. The average molecular weight is 364 g/mol. The summed E-state index contributed by atoms with van der Waals surface area (Å²) >= 11 is 0. The Balaban J connectivity index is 1.77. The van der Waals surface area contributed by atoms with E-state index in [1.807, 2.05) is 6.07 Å². The quantitative estimate of drug-likeness (QED) is 0.805. The number of benzene rings is 1. The summed E-state index contributed by atoms with van der Waals surface area (Å²) in [6, 6.07) is 4.94. The van der Waals surface area contributed by atoms with Crippen LogP contribution in [0.5, 0.6) is 0 Å². The van der Waals surface area contributed by atoms with Crippen molar-refractivity contribution in [1.29, 1.82) is 0 Å². The number of nitrogens with one attached hydrogen (secondary N) is 2. The Bertz CT molecular complexity index is 806. The van der Waals surface area contributed by atoms with E-state index in [0.717, 1.165) is 38.5 Å². The van der Waals surface area contributed by atoms with Gasteiger partial charge in [-0.05, 0) is 57.2 Å². The lowest BCUT2D eigenvalue weighted by atomic mass is 9.92. The molecule has 0 amide bonds. The zero-order valence-electron chi connectivity index (χ0n) is 14.7. The number of piperidine rings is 1. The molecule has 2 aliphatic rings. The van der Waals surface area contributed by atoms with Crippen molar-refractivity contribution >= 4 is 10.0 Å². The fraction of sp³-hybridized carbons (Fsp3) is 0.579. The number of hydrogen-bond donors (Lipinski definition) is 2. The summed E-state index contributed by atoms with van der Waals surface area (Å²) in [5, 5.41) is 3.32. The Hall–Kier alpha value is -1.42. The lowest BCUT2D eigenvalue weighted by molar-refractivity contribution is 0.327. The predicted octanol–water partition coefficient (Wildman–Crippen LogP) is 2.19. The maximum atomic E-state index is 14.8. The van der Waals surface area contributed by atoms with Crippen molar-refractivity contribution in [3.63, 3.8) is 0 Å². The van der Waals surface area contributed by atoms with Crippen molar-refractivity contribution in [2.24, 2.45) is 5.41 Å². The van der Waals surface area contributed by atoms with E-state index in [1.165, 1.54) is 0 Å². The van der Waals surface area contributed by atoms with Crippen LogP contribution in [0.3, 0.4) is 0 Å². The first-order chi connectivity index (χ1) is 11.8. The van der Waals surface area contributed by atoms with Gasteiger partial charge in [-0.3, -0.25) is 0 Å². The number of sulfonamides is 1. The van der Waals surface area contributed by atoms with E-state index in [2.05, 4.69) is 28.8 Å². The Morgan fingerprint density at radius 2 is 2.16 bits per heavy atom. The standard InChI is InChI=1S/C19H25FN2O2S/c1-19(10-11-19)9-8-14-5-3-6-15(18(14)20)13-17-16(7-4-12-21-17)22-25(2,23)24/h3,5-6,16-17,21-22H,4,7,10-13H2,1-2H3. The summed E-state index contributed by atoms with van der Waals surface area (Å²) in [6.07, 6.45) is 5.40. The highest BCUT2D eigenvalue weighted by Gasteiger charge is 2.35. The van der Waals surface area contributed by atoms with E-state index in [9.17, 15) is 12.8 Å². The molecule has 6 heteroatoms. The van der Waals surface area contributed by atoms with Gasteiger partial charge in [0.25, 0.3) is 0 Å². The van der Waals surface area contributed by atoms with Crippen molar-refractivity contribution in [3.8, 4) is 11.8 Å². The molecule has 1 saturated carbocycles. The van der Waals surface area contributed by atoms with Crippen LogP contribution >= 0.6 is 0 Å². The largest absolute Gasteiger partial charge is 0.312 e. The molecule has 136 valence electrons. The van der Waals surface area contributed by atoms with Gasteiger partial charge in [-0.25, -0.2) is 17.5 Å². The SMILES string of the molecule is CC1(C#Cc2cccc(CC3NCCCC3NS(C)(=O)=O)c2F)CC1. The van der Waals surface area contributed by atoms with E-state index in [1.54, 1.807) is 12.1 Å². The van der Waals surface area contributed by atoms with Crippen LogP contribution in [0.4, 0.5) is 4.39 Å². The van der Waals surface area contributed by atoms with Crippen LogP contribution in [0.15, 0.2) is 18.2 Å². The average Bonchev–Trinajstić information content (AvgIpc) is 3.27. The minimum atomic E-state index is -3.29. The molecule has 0 aromatic heterocycles. The topological polar surface area (TPSA) is 58.2 Å². The third kappa shape index (κ3) is 5.04. The molecule has 1 saturated heterocycles. The van der Waals surface area contributed by atoms with Crippen molar-refractivity contribution in [2.45, 2.75) is 51.1 Å². The maximum Gasteiger partial charge on any atom is 0.209 e. The molecule has 1 aromatic rings. The van der Waals surface area contributed by atoms with E-state index in [4.69, 9.17) is 0 Å². The van der Waals surface area contributed by atoms with Crippen LogP contribution in [0, 0.1) is 23.1 Å². The van der Waals surface area contributed by atoms with Gasteiger partial charge in [0.1, 0.15) is 5.82 Å². The third-order valence-corrected chi connectivity index (χ3v) is 5.70. The molecular weight excluding hydrogens is 339 g/mol. The number of halogens is 1. The summed E-state index contributed by atoms with van der Waals surface area (Å²) in [4.78, 5) is 0. The van der Waals surface area contributed by atoms with Crippen LogP contribution in [0.1, 0.15) is 43.7 Å². The molecule has 2 N–H and O–H groups in total. The van der Waals surface area contributed by atoms with Crippen molar-refractivity contribution in [2.75, 3.05) is 12.8 Å². The van der Waals surface area contributed by atoms with Gasteiger partial charge in [0.15, 0.2) is 0 Å². The first kappa shape index (κ1) is 18.4. The van der Waals surface area contributed by atoms with E-state index < -0.39 is 10.0 Å². The molecule has 4 nitrogen and oxygen atoms in total. The van der Waals surface area contributed by atoms with Gasteiger partial charge in [-0.15, -0.1) is 0 Å². The Kier molecular flexibility index (Phi) is 5.19. The summed E-state index contributed by atoms with van der Waals surface area (Å²) < 4.78 is 40.6. The number of rotatable bonds is 4. The minimum Gasteiger partial charge on any atom is -0.312 e. The van der Waals surface area contributed by atoms with Gasteiger partial charge in [0.05, 0.1) is 11.8 Å². The minimum absolute atomic E-state index is 0.0534. The fourth-order valence-electron chi connectivity index (χ4n) is 3.18. The highest BCUT2D eigenvalue weighted by molar-refractivity contribution is 7.88. The van der Waals surface area contributed by atoms with E-state index in [0.29, 0.717) is 17.5 Å². The van der Waals surface area contributed by atoms with Gasteiger partial charge in [-0.2, -0.15) is 0 Å². The molecule has 2 fully saturated rings. The Morgan fingerprint density at radius 3 is 2.84 bits per heavy atom. The molecule has 1 aromatic carbocycles. The van der Waals surface area contributed by atoms with Crippen LogP contribution in [-0.4, -0.2) is 33.3 Å². The molecule has 1 aliphatic carbocycles. The second kappa shape index (κ2) is 7.06. The van der Waals surface area contributed by atoms with Crippen molar-refractivity contribution in [1.82, 2.24) is 10.0 Å². The zero-order chi connectivity index (χ0) is 18.1. The lowest BCUT2D eigenvalue weighted by Gasteiger charge is -2.33. The van der Waals surface area contributed by atoms with Gasteiger partial charge < -0.3 is 5.32 Å².